The second-order valence-corrected chi connectivity index (χ2v) is 8.37. The predicted octanol–water partition coefficient (Wildman–Crippen LogP) is 4.76. The molecule has 0 fully saturated rings. The second kappa shape index (κ2) is 7.41. The van der Waals surface area contributed by atoms with E-state index < -0.39 is 17.7 Å². The molecule has 0 saturated carbocycles. The van der Waals surface area contributed by atoms with Crippen LogP contribution in [0.15, 0.2) is 57.2 Å². The Balaban J connectivity index is 1.80. The molecule has 0 spiro atoms. The van der Waals surface area contributed by atoms with Crippen LogP contribution >= 0.6 is 23.5 Å². The van der Waals surface area contributed by atoms with E-state index in [9.17, 15) is 23.1 Å². The van der Waals surface area contributed by atoms with Gasteiger partial charge in [-0.2, -0.15) is 13.2 Å². The number of anilines is 1. The SMILES string of the molecule is CSc1ccc(Sc2ccc3c(c2)CCN3C(=O)[C@@](C)(O)C(F)(F)F)cc1. The Kier molecular flexibility index (Phi) is 5.52. The van der Waals surface area contributed by atoms with Crippen molar-refractivity contribution in [3.05, 3.63) is 48.0 Å². The number of thioether (sulfide) groups is 1. The van der Waals surface area contributed by atoms with Crippen LogP contribution in [0, 0.1) is 0 Å². The van der Waals surface area contributed by atoms with Gasteiger partial charge in [0.05, 0.1) is 0 Å². The minimum atomic E-state index is -5.02. The standard InChI is InChI=1S/C19H18F3NO2S2/c1-18(25,19(20,21)22)17(24)23-10-9-12-11-15(7-8-16(12)23)27-14-5-3-13(26-2)4-6-14/h3-8,11,25H,9-10H2,1-2H3/t18-/m1/s1. The quantitative estimate of drug-likeness (QED) is 0.734. The number of halogens is 3. The van der Waals surface area contributed by atoms with Crippen LogP contribution < -0.4 is 4.90 Å². The number of rotatable bonds is 4. The molecule has 144 valence electrons. The third-order valence-electron chi connectivity index (χ3n) is 4.46. The number of hydrogen-bond acceptors (Lipinski definition) is 4. The fraction of sp³-hybridized carbons (Fsp3) is 0.316. The lowest BCUT2D eigenvalue weighted by Crippen LogP contribution is -2.56. The van der Waals surface area contributed by atoms with Gasteiger partial charge in [-0.1, -0.05) is 11.8 Å². The van der Waals surface area contributed by atoms with Crippen molar-refractivity contribution < 1.29 is 23.1 Å². The zero-order valence-corrected chi connectivity index (χ0v) is 16.3. The molecule has 0 bridgehead atoms. The van der Waals surface area contributed by atoms with E-state index in [1.807, 2.05) is 36.6 Å². The van der Waals surface area contributed by atoms with Crippen molar-refractivity contribution in [2.75, 3.05) is 17.7 Å². The van der Waals surface area contributed by atoms with Crippen molar-refractivity contribution in [3.8, 4) is 0 Å². The molecule has 1 atom stereocenters. The average molecular weight is 413 g/mol. The topological polar surface area (TPSA) is 40.5 Å². The van der Waals surface area contributed by atoms with Crippen LogP contribution in [0.5, 0.6) is 0 Å². The van der Waals surface area contributed by atoms with Crippen LogP contribution in [0.2, 0.25) is 0 Å². The van der Waals surface area contributed by atoms with Crippen LogP contribution in [0.3, 0.4) is 0 Å². The van der Waals surface area contributed by atoms with Crippen molar-refractivity contribution in [2.45, 2.75) is 39.8 Å². The zero-order valence-electron chi connectivity index (χ0n) is 14.7. The van der Waals surface area contributed by atoms with E-state index in [0.29, 0.717) is 19.0 Å². The first-order valence-electron chi connectivity index (χ1n) is 8.19. The molecule has 0 saturated heterocycles. The van der Waals surface area contributed by atoms with Crippen molar-refractivity contribution in [1.82, 2.24) is 0 Å². The number of nitrogens with zero attached hydrogens (tertiary/aromatic N) is 1. The summed E-state index contributed by atoms with van der Waals surface area (Å²) in [5, 5.41) is 9.68. The van der Waals surface area contributed by atoms with Gasteiger partial charge in [0, 0.05) is 26.9 Å². The van der Waals surface area contributed by atoms with Gasteiger partial charge in [0.2, 0.25) is 5.60 Å². The number of amides is 1. The Labute approximate surface area is 163 Å². The first-order chi connectivity index (χ1) is 12.6. The minimum Gasteiger partial charge on any atom is -0.373 e. The highest BCUT2D eigenvalue weighted by Crippen LogP contribution is 2.38. The summed E-state index contributed by atoms with van der Waals surface area (Å²) in [7, 11) is 0. The highest BCUT2D eigenvalue weighted by molar-refractivity contribution is 7.99. The van der Waals surface area contributed by atoms with Crippen LogP contribution in [-0.2, 0) is 11.2 Å². The molecule has 0 unspecified atom stereocenters. The maximum absolute atomic E-state index is 13.0. The summed E-state index contributed by atoms with van der Waals surface area (Å²) < 4.78 is 38.9. The number of alkyl halides is 3. The maximum atomic E-state index is 13.0. The van der Waals surface area contributed by atoms with Crippen molar-refractivity contribution in [2.24, 2.45) is 0 Å². The maximum Gasteiger partial charge on any atom is 0.426 e. The van der Waals surface area contributed by atoms with Crippen LogP contribution in [-0.4, -0.2) is 35.6 Å². The number of carbonyl (C=O) groups excluding carboxylic acids is 1. The van der Waals surface area contributed by atoms with Gasteiger partial charge in [0.25, 0.3) is 5.91 Å². The molecule has 2 aromatic carbocycles. The molecule has 8 heteroatoms. The van der Waals surface area contributed by atoms with E-state index in [1.54, 1.807) is 35.7 Å². The number of aliphatic hydroxyl groups is 1. The van der Waals surface area contributed by atoms with Crippen molar-refractivity contribution >= 4 is 35.1 Å². The summed E-state index contributed by atoms with van der Waals surface area (Å²) in [5.41, 5.74) is -2.18. The van der Waals surface area contributed by atoms with Gasteiger partial charge in [0.15, 0.2) is 0 Å². The number of benzene rings is 2. The van der Waals surface area contributed by atoms with Crippen LogP contribution in [0.25, 0.3) is 0 Å². The fourth-order valence-electron chi connectivity index (χ4n) is 2.82. The summed E-state index contributed by atoms with van der Waals surface area (Å²) in [6.07, 6.45) is -2.56. The molecular formula is C19H18F3NO2S2. The second-order valence-electron chi connectivity index (χ2n) is 6.34. The summed E-state index contributed by atoms with van der Waals surface area (Å²) in [4.78, 5) is 16.4. The molecule has 0 aromatic heterocycles. The Morgan fingerprint density at radius 3 is 2.26 bits per heavy atom. The minimum absolute atomic E-state index is 0.122. The molecule has 1 N–H and O–H groups in total. The normalized spacial score (nSPS) is 16.1. The summed E-state index contributed by atoms with van der Waals surface area (Å²) in [6, 6.07) is 13.4. The largest absolute Gasteiger partial charge is 0.426 e. The van der Waals surface area contributed by atoms with E-state index in [0.717, 1.165) is 20.3 Å². The monoisotopic (exact) mass is 413 g/mol. The van der Waals surface area contributed by atoms with Gasteiger partial charge < -0.3 is 10.0 Å². The first kappa shape index (κ1) is 20.1. The molecule has 2 aromatic rings. The lowest BCUT2D eigenvalue weighted by molar-refractivity contribution is -0.243. The summed E-state index contributed by atoms with van der Waals surface area (Å²) in [5.74, 6) is -1.35. The Hall–Kier alpha value is -1.64. The summed E-state index contributed by atoms with van der Waals surface area (Å²) >= 11 is 3.21. The lowest BCUT2D eigenvalue weighted by atomic mass is 10.0. The van der Waals surface area contributed by atoms with Crippen LogP contribution in [0.4, 0.5) is 18.9 Å². The zero-order chi connectivity index (χ0) is 19.8. The highest BCUT2D eigenvalue weighted by atomic mass is 32.2. The molecule has 1 aliphatic heterocycles. The third kappa shape index (κ3) is 3.97. The van der Waals surface area contributed by atoms with Gasteiger partial charge in [-0.25, -0.2) is 0 Å². The summed E-state index contributed by atoms with van der Waals surface area (Å²) in [6.45, 7) is 0.618. The number of fused-ring (bicyclic) bond motifs is 1. The van der Waals surface area contributed by atoms with Gasteiger partial charge in [-0.3, -0.25) is 4.79 Å². The number of carbonyl (C=O) groups is 1. The van der Waals surface area contributed by atoms with Gasteiger partial charge in [0.1, 0.15) is 0 Å². The van der Waals surface area contributed by atoms with E-state index >= 15 is 0 Å². The van der Waals surface area contributed by atoms with Crippen molar-refractivity contribution in [1.29, 1.82) is 0 Å². The molecule has 0 radical (unpaired) electrons. The molecule has 0 aliphatic carbocycles. The number of hydrogen-bond donors (Lipinski definition) is 1. The molecule has 1 aliphatic rings. The van der Waals surface area contributed by atoms with Crippen molar-refractivity contribution in [3.63, 3.8) is 0 Å². The van der Waals surface area contributed by atoms with Gasteiger partial charge in [-0.05, 0) is 67.6 Å². The van der Waals surface area contributed by atoms with E-state index in [1.165, 1.54) is 4.90 Å². The molecule has 27 heavy (non-hydrogen) atoms. The van der Waals surface area contributed by atoms with Crippen LogP contribution in [0.1, 0.15) is 12.5 Å². The predicted molar refractivity (Wildman–Crippen MR) is 102 cm³/mol. The Bertz CT molecular complexity index is 851. The third-order valence-corrected chi connectivity index (χ3v) is 6.20. The molecular weight excluding hydrogens is 395 g/mol. The molecule has 3 nitrogen and oxygen atoms in total. The molecule has 1 amide bonds. The Morgan fingerprint density at radius 2 is 1.67 bits per heavy atom. The van der Waals surface area contributed by atoms with E-state index in [2.05, 4.69) is 0 Å². The molecule has 1 heterocycles. The van der Waals surface area contributed by atoms with E-state index in [-0.39, 0.29) is 6.54 Å². The highest BCUT2D eigenvalue weighted by Gasteiger charge is 2.57. The average Bonchev–Trinajstić information content (AvgIpc) is 3.03. The Morgan fingerprint density at radius 1 is 1.07 bits per heavy atom. The first-order valence-corrected chi connectivity index (χ1v) is 10.2. The van der Waals surface area contributed by atoms with Gasteiger partial charge >= 0.3 is 6.18 Å². The van der Waals surface area contributed by atoms with E-state index in [4.69, 9.17) is 0 Å². The lowest BCUT2D eigenvalue weighted by Gasteiger charge is -2.30. The van der Waals surface area contributed by atoms with Gasteiger partial charge in [-0.15, -0.1) is 11.8 Å². The fourth-order valence-corrected chi connectivity index (χ4v) is 4.11. The smallest absolute Gasteiger partial charge is 0.373 e. The molecule has 3 rings (SSSR count).